The van der Waals surface area contributed by atoms with Gasteiger partial charge in [-0.1, -0.05) is 18.6 Å². The second-order valence-corrected chi connectivity index (χ2v) is 11.6. The van der Waals surface area contributed by atoms with Crippen LogP contribution in [-0.2, 0) is 28.5 Å². The fourth-order valence-electron chi connectivity index (χ4n) is 5.42. The van der Waals surface area contributed by atoms with E-state index in [1.807, 2.05) is 12.1 Å². The van der Waals surface area contributed by atoms with Gasteiger partial charge in [-0.3, -0.25) is 14.9 Å². The average molecular weight is 547 g/mol. The molecule has 208 valence electrons. The van der Waals surface area contributed by atoms with Crippen molar-refractivity contribution in [3.63, 3.8) is 0 Å². The first-order chi connectivity index (χ1) is 18.1. The van der Waals surface area contributed by atoms with E-state index in [0.29, 0.717) is 25.1 Å². The van der Waals surface area contributed by atoms with Crippen molar-refractivity contribution in [3.05, 3.63) is 35.9 Å². The van der Waals surface area contributed by atoms with Crippen molar-refractivity contribution >= 4 is 35.4 Å². The fraction of sp³-hybridized carbons (Fsp3) is 0.607. The molecule has 3 fully saturated rings. The molecule has 0 bridgehead atoms. The molecule has 1 spiro atoms. The molecule has 4 rings (SSSR count). The Labute approximate surface area is 228 Å². The summed E-state index contributed by atoms with van der Waals surface area (Å²) in [7, 11) is 1.62. The van der Waals surface area contributed by atoms with Crippen LogP contribution in [0.2, 0.25) is 0 Å². The predicted molar refractivity (Wildman–Crippen MR) is 144 cm³/mol. The monoisotopic (exact) mass is 546 g/mol. The second-order valence-electron chi connectivity index (χ2n) is 10.6. The Kier molecular flexibility index (Phi) is 8.86. The number of benzene rings is 1. The van der Waals surface area contributed by atoms with E-state index < -0.39 is 29.8 Å². The summed E-state index contributed by atoms with van der Waals surface area (Å²) in [6.45, 7) is 8.65. The highest BCUT2D eigenvalue weighted by molar-refractivity contribution is 8.00. The molecule has 3 amide bonds. The number of thioether (sulfide) groups is 1. The molecule has 2 saturated heterocycles. The van der Waals surface area contributed by atoms with Gasteiger partial charge in [0.25, 0.3) is 0 Å². The van der Waals surface area contributed by atoms with Crippen molar-refractivity contribution in [1.82, 2.24) is 5.32 Å². The van der Waals surface area contributed by atoms with E-state index in [1.54, 1.807) is 26.2 Å². The quantitative estimate of drug-likeness (QED) is 0.251. The minimum Gasteiger partial charge on any atom is -0.443 e. The van der Waals surface area contributed by atoms with Gasteiger partial charge >= 0.3 is 6.09 Å². The minimum absolute atomic E-state index is 0.0473. The lowest BCUT2D eigenvalue weighted by Gasteiger charge is -2.42. The third-order valence-electron chi connectivity index (χ3n) is 7.57. The summed E-state index contributed by atoms with van der Waals surface area (Å²) in [6, 6.07) is 7.18. The lowest BCUT2D eigenvalue weighted by Crippen LogP contribution is -2.56. The van der Waals surface area contributed by atoms with Gasteiger partial charge in [0, 0.05) is 24.1 Å². The first-order valence-corrected chi connectivity index (χ1v) is 14.1. The fourth-order valence-corrected chi connectivity index (χ4v) is 6.12. The Bertz CT molecular complexity index is 1070. The Hall–Kier alpha value is -2.40. The van der Waals surface area contributed by atoms with Crippen LogP contribution in [0.25, 0.3) is 0 Å². The van der Waals surface area contributed by atoms with Gasteiger partial charge in [-0.2, -0.15) is 0 Å². The smallest absolute Gasteiger partial charge is 0.414 e. The number of alkyl carbamates (subject to hydrolysis) is 1. The zero-order valence-corrected chi connectivity index (χ0v) is 23.5. The third-order valence-corrected chi connectivity index (χ3v) is 8.58. The van der Waals surface area contributed by atoms with Crippen LogP contribution < -0.4 is 10.6 Å². The molecule has 1 saturated carbocycles. The molecule has 10 heteroatoms. The molecule has 6 atom stereocenters. The van der Waals surface area contributed by atoms with Crippen LogP contribution in [0.5, 0.6) is 0 Å². The largest absolute Gasteiger partial charge is 0.443 e. The number of carbonyl (C=O) groups excluding carboxylic acids is 3. The van der Waals surface area contributed by atoms with Crippen molar-refractivity contribution in [2.75, 3.05) is 24.8 Å². The lowest BCUT2D eigenvalue weighted by molar-refractivity contribution is -0.124. The van der Waals surface area contributed by atoms with E-state index in [4.69, 9.17) is 18.9 Å². The Morgan fingerprint density at radius 3 is 2.50 bits per heavy atom. The third kappa shape index (κ3) is 6.59. The molecule has 38 heavy (non-hydrogen) atoms. The van der Waals surface area contributed by atoms with Gasteiger partial charge in [-0.15, -0.1) is 11.8 Å². The molecule has 1 aliphatic carbocycles. The van der Waals surface area contributed by atoms with E-state index >= 15 is 0 Å². The summed E-state index contributed by atoms with van der Waals surface area (Å²) in [4.78, 5) is 37.4. The number of epoxide rings is 2. The van der Waals surface area contributed by atoms with Crippen LogP contribution in [0.15, 0.2) is 40.8 Å². The molecule has 3 unspecified atom stereocenters. The second kappa shape index (κ2) is 11.8. The number of amides is 3. The first kappa shape index (κ1) is 28.6. The number of ether oxygens (including phenoxy) is 4. The van der Waals surface area contributed by atoms with Gasteiger partial charge in [0.15, 0.2) is 0 Å². The van der Waals surface area contributed by atoms with Gasteiger partial charge in [0.05, 0.1) is 24.4 Å². The zero-order chi connectivity index (χ0) is 27.5. The summed E-state index contributed by atoms with van der Waals surface area (Å²) in [5, 5.41) is 5.11. The van der Waals surface area contributed by atoms with Crippen LogP contribution in [0, 0.1) is 5.92 Å². The number of anilines is 1. The number of methoxy groups -OCH3 is 1. The molecule has 0 aromatic heterocycles. The van der Waals surface area contributed by atoms with Crippen molar-refractivity contribution in [2.24, 2.45) is 5.92 Å². The van der Waals surface area contributed by atoms with Crippen molar-refractivity contribution in [3.8, 4) is 0 Å². The molecule has 1 aromatic rings. The van der Waals surface area contributed by atoms with E-state index in [9.17, 15) is 14.4 Å². The molecule has 2 heterocycles. The standard InChI is InChI=1S/C28H38N2O7S/c1-6-22(31)29-18-8-10-19(11-9-18)38-15-23(32)30-26(33)36-20-13-14-28(16-35-28)25(24(20)34-5)27(4)21(37-27)12-7-17(2)3/h7-11,20-21,24-25H,6,12-16H2,1-5H3,(H,29,31)(H,30,32,33)/t20?,21-,24?,25?,27+,28+/m1/s1. The number of nitrogens with one attached hydrogen (secondary N) is 2. The topological polar surface area (TPSA) is 119 Å². The van der Waals surface area contributed by atoms with Gasteiger partial charge in [0.1, 0.15) is 23.4 Å². The minimum atomic E-state index is -0.783. The lowest BCUT2D eigenvalue weighted by atomic mass is 9.68. The summed E-state index contributed by atoms with van der Waals surface area (Å²) in [5.74, 6) is -0.555. The van der Waals surface area contributed by atoms with Crippen molar-refractivity contribution < 1.29 is 33.3 Å². The van der Waals surface area contributed by atoms with Gasteiger partial charge in [0.2, 0.25) is 11.8 Å². The Morgan fingerprint density at radius 1 is 1.18 bits per heavy atom. The maximum Gasteiger partial charge on any atom is 0.414 e. The average Bonchev–Trinajstić information content (AvgIpc) is 3.80. The van der Waals surface area contributed by atoms with E-state index in [0.717, 1.165) is 17.7 Å². The van der Waals surface area contributed by atoms with Crippen LogP contribution in [0.3, 0.4) is 0 Å². The van der Waals surface area contributed by atoms with Gasteiger partial charge < -0.3 is 24.3 Å². The summed E-state index contributed by atoms with van der Waals surface area (Å²) >= 11 is 1.29. The van der Waals surface area contributed by atoms with Crippen molar-refractivity contribution in [2.45, 2.75) is 87.8 Å². The molecule has 2 N–H and O–H groups in total. The van der Waals surface area contributed by atoms with E-state index in [1.165, 1.54) is 17.3 Å². The molecule has 1 aromatic carbocycles. The number of imide groups is 1. The van der Waals surface area contributed by atoms with E-state index in [2.05, 4.69) is 37.5 Å². The van der Waals surface area contributed by atoms with Gasteiger partial charge in [-0.25, -0.2) is 4.79 Å². The number of hydrogen-bond donors (Lipinski definition) is 2. The molecule has 2 aliphatic heterocycles. The normalized spacial score (nSPS) is 31.3. The van der Waals surface area contributed by atoms with Crippen LogP contribution in [0.4, 0.5) is 10.5 Å². The highest BCUT2D eigenvalue weighted by Gasteiger charge is 2.72. The summed E-state index contributed by atoms with van der Waals surface area (Å²) in [6.07, 6.45) is 3.06. The molecule has 3 aliphatic rings. The zero-order valence-electron chi connectivity index (χ0n) is 22.7. The molecule has 0 radical (unpaired) electrons. The summed E-state index contributed by atoms with van der Waals surface area (Å²) in [5.41, 5.74) is 1.20. The Balaban J connectivity index is 1.29. The van der Waals surface area contributed by atoms with Gasteiger partial charge in [-0.05, 0) is 64.3 Å². The molecular weight excluding hydrogens is 508 g/mol. The van der Waals surface area contributed by atoms with E-state index in [-0.39, 0.29) is 29.3 Å². The first-order valence-electron chi connectivity index (χ1n) is 13.1. The number of hydrogen-bond acceptors (Lipinski definition) is 8. The highest BCUT2D eigenvalue weighted by Crippen LogP contribution is 2.59. The van der Waals surface area contributed by atoms with Crippen LogP contribution in [0.1, 0.15) is 53.4 Å². The number of carbonyl (C=O) groups is 3. The maximum absolute atomic E-state index is 12.6. The van der Waals surface area contributed by atoms with Crippen molar-refractivity contribution in [1.29, 1.82) is 0 Å². The summed E-state index contributed by atoms with van der Waals surface area (Å²) < 4.78 is 23.7. The molecular formula is C28H38N2O7S. The van der Waals surface area contributed by atoms with Crippen LogP contribution >= 0.6 is 11.8 Å². The number of allylic oxidation sites excluding steroid dienone is 1. The Morgan fingerprint density at radius 2 is 1.89 bits per heavy atom. The molecule has 9 nitrogen and oxygen atoms in total. The highest BCUT2D eigenvalue weighted by atomic mass is 32.2. The maximum atomic E-state index is 12.6. The predicted octanol–water partition coefficient (Wildman–Crippen LogP) is 4.46. The van der Waals surface area contributed by atoms with Crippen LogP contribution in [-0.4, -0.2) is 66.9 Å². The SMILES string of the molecule is CCC(=O)Nc1ccc(SCC(=O)NC(=O)OC2CC[C@]3(CO3)C([C@@]3(C)O[C@@H]3CC=C(C)C)C2OC)cc1. The number of rotatable bonds is 10.